The van der Waals surface area contributed by atoms with Crippen molar-refractivity contribution in [1.82, 2.24) is 19.6 Å². The van der Waals surface area contributed by atoms with E-state index in [0.29, 0.717) is 24.3 Å². The van der Waals surface area contributed by atoms with E-state index in [1.165, 1.54) is 0 Å². The number of aryl methyl sites for hydroxylation is 1. The van der Waals surface area contributed by atoms with Crippen molar-refractivity contribution in [1.29, 1.82) is 5.26 Å². The van der Waals surface area contributed by atoms with Crippen molar-refractivity contribution in [2.45, 2.75) is 40.0 Å². The highest BCUT2D eigenvalue weighted by Crippen LogP contribution is 2.36. The van der Waals surface area contributed by atoms with Crippen LogP contribution in [0.1, 0.15) is 43.5 Å². The van der Waals surface area contributed by atoms with Gasteiger partial charge >= 0.3 is 0 Å². The van der Waals surface area contributed by atoms with Gasteiger partial charge in [-0.05, 0) is 56.5 Å². The fraction of sp³-hybridized carbons (Fsp3) is 0.345. The van der Waals surface area contributed by atoms with Crippen LogP contribution < -0.4 is 9.64 Å². The molecule has 4 aromatic rings. The third kappa shape index (κ3) is 4.90. The maximum absolute atomic E-state index is 13.1. The summed E-state index contributed by atoms with van der Waals surface area (Å²) >= 11 is 0. The lowest BCUT2D eigenvalue weighted by atomic mass is 9.75. The first kappa shape index (κ1) is 24.4. The number of pyridine rings is 3. The number of rotatable bonds is 7. The zero-order chi connectivity index (χ0) is 26.0. The number of carbonyl (C=O) groups is 1. The zero-order valence-corrected chi connectivity index (χ0v) is 21.4. The highest BCUT2D eigenvalue weighted by atomic mass is 16.5. The second-order valence-corrected chi connectivity index (χ2v) is 9.85. The molecular weight excluding hydrogens is 464 g/mol. The predicted octanol–water partition coefficient (Wildman–Crippen LogP) is 4.79. The Bertz CT molecular complexity index is 1460. The number of fused-ring (bicyclic) bond motifs is 1. The average Bonchev–Trinajstić information content (AvgIpc) is 3.33. The monoisotopic (exact) mass is 494 g/mol. The molecule has 0 bridgehead atoms. The number of ether oxygens (including phenoxy) is 1. The first-order chi connectivity index (χ1) is 17.9. The normalized spacial score (nSPS) is 14.9. The largest absolute Gasteiger partial charge is 0.492 e. The van der Waals surface area contributed by atoms with E-state index in [1.54, 1.807) is 23.1 Å². The van der Waals surface area contributed by atoms with Crippen molar-refractivity contribution in [3.8, 4) is 22.9 Å². The number of nitriles is 1. The Labute approximate surface area is 216 Å². The van der Waals surface area contributed by atoms with Crippen LogP contribution in [-0.4, -0.2) is 45.1 Å². The van der Waals surface area contributed by atoms with Gasteiger partial charge in [0.1, 0.15) is 23.4 Å². The molecule has 5 rings (SSSR count). The average molecular weight is 495 g/mol. The van der Waals surface area contributed by atoms with Crippen LogP contribution in [0.25, 0.3) is 16.6 Å². The van der Waals surface area contributed by atoms with E-state index in [1.807, 2.05) is 50.4 Å². The molecule has 4 aromatic heterocycles. The lowest BCUT2D eigenvalue weighted by Crippen LogP contribution is -2.43. The lowest BCUT2D eigenvalue weighted by molar-refractivity contribution is -0.128. The van der Waals surface area contributed by atoms with Crippen LogP contribution in [0.15, 0.2) is 55.1 Å². The zero-order valence-electron chi connectivity index (χ0n) is 21.4. The molecule has 0 radical (unpaired) electrons. The maximum Gasteiger partial charge on any atom is 0.143 e. The summed E-state index contributed by atoms with van der Waals surface area (Å²) < 4.78 is 7.40. The second kappa shape index (κ2) is 10.0. The minimum atomic E-state index is -0.345. The first-order valence-electron chi connectivity index (χ1n) is 12.6. The van der Waals surface area contributed by atoms with Gasteiger partial charge in [0.15, 0.2) is 0 Å². The Morgan fingerprint density at radius 3 is 2.59 bits per heavy atom. The molecule has 0 spiro atoms. The number of ketones is 1. The van der Waals surface area contributed by atoms with Gasteiger partial charge in [0, 0.05) is 54.1 Å². The Kier molecular flexibility index (Phi) is 6.62. The molecule has 1 aliphatic rings. The van der Waals surface area contributed by atoms with Gasteiger partial charge in [0.2, 0.25) is 0 Å². The van der Waals surface area contributed by atoms with Gasteiger partial charge in [-0.25, -0.2) is 9.50 Å². The number of hydrogen-bond donors (Lipinski definition) is 0. The Hall–Kier alpha value is -4.25. The van der Waals surface area contributed by atoms with E-state index in [0.717, 1.165) is 59.7 Å². The van der Waals surface area contributed by atoms with Crippen LogP contribution >= 0.6 is 0 Å². The SMILES string of the molecule is CCOc1cc(-c2ccc(N3CCC(C)(C(=O)Cc4ccc(C)nc4)CC3)nc2)c2c(C#N)cnn2c1. The summed E-state index contributed by atoms with van der Waals surface area (Å²) in [5, 5.41) is 13.9. The van der Waals surface area contributed by atoms with E-state index in [4.69, 9.17) is 9.72 Å². The van der Waals surface area contributed by atoms with Crippen LogP contribution in [0, 0.1) is 23.7 Å². The molecule has 0 amide bonds. The molecular formula is C29H30N6O2. The Morgan fingerprint density at radius 1 is 1.14 bits per heavy atom. The molecule has 0 aromatic carbocycles. The van der Waals surface area contributed by atoms with E-state index in [-0.39, 0.29) is 11.2 Å². The summed E-state index contributed by atoms with van der Waals surface area (Å²) in [5.41, 5.74) is 4.55. The fourth-order valence-corrected chi connectivity index (χ4v) is 4.89. The molecule has 0 saturated carbocycles. The van der Waals surface area contributed by atoms with Crippen molar-refractivity contribution in [3.05, 3.63) is 71.9 Å². The quantitative estimate of drug-likeness (QED) is 0.364. The molecule has 0 N–H and O–H groups in total. The van der Waals surface area contributed by atoms with Gasteiger partial charge in [-0.1, -0.05) is 13.0 Å². The number of piperidine rings is 1. The molecule has 1 fully saturated rings. The topological polar surface area (TPSA) is 96.4 Å². The van der Waals surface area contributed by atoms with Crippen molar-refractivity contribution in [2.75, 3.05) is 24.6 Å². The van der Waals surface area contributed by atoms with Crippen LogP contribution in [0.3, 0.4) is 0 Å². The van der Waals surface area contributed by atoms with E-state index >= 15 is 0 Å². The van der Waals surface area contributed by atoms with Crippen molar-refractivity contribution < 1.29 is 9.53 Å². The molecule has 188 valence electrons. The highest BCUT2D eigenvalue weighted by molar-refractivity contribution is 5.87. The summed E-state index contributed by atoms with van der Waals surface area (Å²) in [6.07, 6.45) is 8.98. The van der Waals surface area contributed by atoms with Gasteiger partial charge in [-0.3, -0.25) is 9.78 Å². The van der Waals surface area contributed by atoms with Crippen LogP contribution in [0.4, 0.5) is 5.82 Å². The van der Waals surface area contributed by atoms with E-state index in [2.05, 4.69) is 28.0 Å². The molecule has 1 aliphatic heterocycles. The second-order valence-electron chi connectivity index (χ2n) is 9.85. The van der Waals surface area contributed by atoms with E-state index in [9.17, 15) is 10.1 Å². The highest BCUT2D eigenvalue weighted by Gasteiger charge is 2.36. The van der Waals surface area contributed by atoms with Gasteiger partial charge in [0.25, 0.3) is 0 Å². The Morgan fingerprint density at radius 2 is 1.95 bits per heavy atom. The summed E-state index contributed by atoms with van der Waals surface area (Å²) in [6, 6.07) is 12.1. The minimum Gasteiger partial charge on any atom is -0.492 e. The number of anilines is 1. The van der Waals surface area contributed by atoms with Gasteiger partial charge in [-0.15, -0.1) is 0 Å². The van der Waals surface area contributed by atoms with E-state index < -0.39 is 0 Å². The summed E-state index contributed by atoms with van der Waals surface area (Å²) in [5.74, 6) is 1.84. The van der Waals surface area contributed by atoms with Crippen molar-refractivity contribution in [3.63, 3.8) is 0 Å². The van der Waals surface area contributed by atoms with Crippen LogP contribution in [0.2, 0.25) is 0 Å². The smallest absolute Gasteiger partial charge is 0.143 e. The lowest BCUT2D eigenvalue weighted by Gasteiger charge is -2.39. The molecule has 8 heteroatoms. The molecule has 5 heterocycles. The number of hydrogen-bond acceptors (Lipinski definition) is 7. The van der Waals surface area contributed by atoms with Gasteiger partial charge in [0.05, 0.1) is 30.1 Å². The minimum absolute atomic E-state index is 0.272. The molecule has 0 atom stereocenters. The maximum atomic E-state index is 13.1. The summed E-state index contributed by atoms with van der Waals surface area (Å²) in [7, 11) is 0. The van der Waals surface area contributed by atoms with Gasteiger partial charge in [-0.2, -0.15) is 10.4 Å². The van der Waals surface area contributed by atoms with Crippen molar-refractivity contribution >= 4 is 17.1 Å². The number of carbonyl (C=O) groups excluding carboxylic acids is 1. The standard InChI is InChI=1S/C29H30N6O2/c1-4-37-24-14-25(28-23(15-30)18-33-35(28)19-24)22-7-8-27(32-17-22)34-11-9-29(3,10-12-34)26(36)13-21-6-5-20(2)31-16-21/h5-8,14,16-19H,4,9-13H2,1-3H3. The molecule has 8 nitrogen and oxygen atoms in total. The molecule has 0 aliphatic carbocycles. The summed E-state index contributed by atoms with van der Waals surface area (Å²) in [4.78, 5) is 24.4. The summed E-state index contributed by atoms with van der Waals surface area (Å²) in [6.45, 7) is 8.04. The van der Waals surface area contributed by atoms with Crippen LogP contribution in [-0.2, 0) is 11.2 Å². The van der Waals surface area contributed by atoms with Crippen LogP contribution in [0.5, 0.6) is 5.75 Å². The molecule has 37 heavy (non-hydrogen) atoms. The number of Topliss-reactive ketones (excluding diaryl/α,β-unsaturated/α-hetero) is 1. The number of nitrogens with zero attached hydrogens (tertiary/aromatic N) is 6. The first-order valence-corrected chi connectivity index (χ1v) is 12.6. The van der Waals surface area contributed by atoms with Crippen molar-refractivity contribution in [2.24, 2.45) is 5.41 Å². The molecule has 1 saturated heterocycles. The fourth-order valence-electron chi connectivity index (χ4n) is 4.89. The van der Waals surface area contributed by atoms with Gasteiger partial charge < -0.3 is 9.64 Å². The third-order valence-electron chi connectivity index (χ3n) is 7.28. The number of aromatic nitrogens is 4. The Balaban J connectivity index is 1.31. The predicted molar refractivity (Wildman–Crippen MR) is 142 cm³/mol. The molecule has 0 unspecified atom stereocenters. The third-order valence-corrected chi connectivity index (χ3v) is 7.28.